The van der Waals surface area contributed by atoms with Crippen molar-refractivity contribution in [3.8, 4) is 11.8 Å². The molecule has 0 aromatic heterocycles. The maximum absolute atomic E-state index is 14.6. The van der Waals surface area contributed by atoms with Crippen molar-refractivity contribution in [1.29, 1.82) is 0 Å². The molecule has 7 aliphatic carbocycles. The number of carbonyl (C=O) groups excluding carboxylic acids is 1. The van der Waals surface area contributed by atoms with E-state index in [2.05, 4.69) is 39.5 Å². The van der Waals surface area contributed by atoms with E-state index < -0.39 is 58.1 Å². The van der Waals surface area contributed by atoms with Crippen LogP contribution in [0.15, 0.2) is 11.6 Å². The van der Waals surface area contributed by atoms with Crippen LogP contribution in [0.5, 0.6) is 0 Å². The summed E-state index contributed by atoms with van der Waals surface area (Å²) in [5.41, 5.74) is -1.82. The van der Waals surface area contributed by atoms with E-state index in [4.69, 9.17) is 0 Å². The largest absolute Gasteiger partial charge is 0.394 e. The number of ketones is 1. The molecule has 0 aliphatic heterocycles. The predicted molar refractivity (Wildman–Crippen MR) is 152 cm³/mol. The summed E-state index contributed by atoms with van der Waals surface area (Å²) in [4.78, 5) is 14.6. The number of carbonyl (C=O) groups is 1. The maximum atomic E-state index is 14.6. The van der Waals surface area contributed by atoms with Crippen LogP contribution in [0.1, 0.15) is 98.8 Å². The number of aliphatic hydroxyl groups is 5. The Morgan fingerprint density at radius 2 is 1.68 bits per heavy atom. The third kappa shape index (κ3) is 3.34. The summed E-state index contributed by atoms with van der Waals surface area (Å²) in [7, 11) is 0. The van der Waals surface area contributed by atoms with Crippen molar-refractivity contribution in [2.24, 2.45) is 50.2 Å². The van der Waals surface area contributed by atoms with E-state index in [0.717, 1.165) is 44.1 Å². The average molecular weight is 555 g/mol. The Kier molecular flexibility index (Phi) is 6.42. The number of aliphatic hydroxyl groups excluding tert-OH is 5. The van der Waals surface area contributed by atoms with Crippen LogP contribution in [0.2, 0.25) is 0 Å². The van der Waals surface area contributed by atoms with Crippen molar-refractivity contribution >= 4 is 5.78 Å². The van der Waals surface area contributed by atoms with E-state index in [0.29, 0.717) is 25.7 Å². The summed E-state index contributed by atoms with van der Waals surface area (Å²) in [6, 6.07) is 0. The molecule has 5 N–H and O–H groups in total. The monoisotopic (exact) mass is 554 g/mol. The minimum atomic E-state index is -1.06. The van der Waals surface area contributed by atoms with Gasteiger partial charge in [-0.25, -0.2) is 0 Å². The van der Waals surface area contributed by atoms with Crippen molar-refractivity contribution in [1.82, 2.24) is 0 Å². The highest BCUT2D eigenvalue weighted by atomic mass is 16.3. The highest BCUT2D eigenvalue weighted by molar-refractivity contribution is 5.95. The Morgan fingerprint density at radius 3 is 2.38 bits per heavy atom. The Balaban J connectivity index is 1.50. The number of hydrogen-bond donors (Lipinski definition) is 5. The van der Waals surface area contributed by atoms with Gasteiger partial charge in [0.15, 0.2) is 5.78 Å². The molecule has 222 valence electrons. The Labute approximate surface area is 239 Å². The molecule has 4 fully saturated rings. The van der Waals surface area contributed by atoms with Gasteiger partial charge in [0.1, 0.15) is 6.10 Å². The molecule has 7 aliphatic rings. The molecule has 1 spiro atoms. The topological polar surface area (TPSA) is 118 Å². The van der Waals surface area contributed by atoms with E-state index in [1.54, 1.807) is 0 Å². The fourth-order valence-electron chi connectivity index (χ4n) is 11.9. The zero-order valence-corrected chi connectivity index (χ0v) is 25.0. The zero-order chi connectivity index (χ0) is 29.1. The van der Waals surface area contributed by atoms with Crippen molar-refractivity contribution < 1.29 is 30.3 Å². The van der Waals surface area contributed by atoms with Crippen LogP contribution in [0, 0.1) is 62.1 Å². The van der Waals surface area contributed by atoms with Crippen LogP contribution in [0.25, 0.3) is 0 Å². The smallest absolute Gasteiger partial charge is 0.159 e. The molecular formula is C34H50O6. The molecule has 0 saturated heterocycles. The molecule has 6 heteroatoms. The molecule has 0 radical (unpaired) electrons. The van der Waals surface area contributed by atoms with Gasteiger partial charge in [0.05, 0.1) is 24.9 Å². The van der Waals surface area contributed by atoms with E-state index in [9.17, 15) is 30.3 Å². The molecule has 6 nitrogen and oxygen atoms in total. The summed E-state index contributed by atoms with van der Waals surface area (Å²) in [6.07, 6.45) is 5.78. The molecule has 13 unspecified atom stereocenters. The summed E-state index contributed by atoms with van der Waals surface area (Å²) < 4.78 is 0. The number of hydrogen-bond acceptors (Lipinski definition) is 6. The first-order valence-corrected chi connectivity index (χ1v) is 15.7. The van der Waals surface area contributed by atoms with Crippen LogP contribution >= 0.6 is 0 Å². The summed E-state index contributed by atoms with van der Waals surface area (Å²) >= 11 is 0. The van der Waals surface area contributed by atoms with Crippen molar-refractivity contribution in [2.45, 2.75) is 123 Å². The molecule has 4 saturated carbocycles. The summed E-state index contributed by atoms with van der Waals surface area (Å²) in [5.74, 6) is 5.88. The first kappa shape index (κ1) is 28.9. The van der Waals surface area contributed by atoms with Gasteiger partial charge in [0, 0.05) is 23.2 Å². The molecule has 40 heavy (non-hydrogen) atoms. The molecular weight excluding hydrogens is 504 g/mol. The van der Waals surface area contributed by atoms with Gasteiger partial charge in [-0.3, -0.25) is 4.79 Å². The molecule has 0 aromatic carbocycles. The van der Waals surface area contributed by atoms with E-state index >= 15 is 0 Å². The van der Waals surface area contributed by atoms with Gasteiger partial charge in [0.25, 0.3) is 0 Å². The fraction of sp³-hybridized carbons (Fsp3) is 0.853. The highest BCUT2D eigenvalue weighted by Crippen LogP contribution is 2.75. The third-order valence-electron chi connectivity index (χ3n) is 14.5. The third-order valence-corrected chi connectivity index (χ3v) is 14.5. The number of fused-ring (bicyclic) bond motifs is 9. The van der Waals surface area contributed by atoms with Gasteiger partial charge in [-0.1, -0.05) is 46.1 Å². The van der Waals surface area contributed by atoms with Crippen LogP contribution in [-0.2, 0) is 4.79 Å². The standard InChI is InChI=1S/C34H50O6/c1-29-11-7-6-8-25(38)34(15-14-29)21(17-29)20-16-22(36)28-30(2)12-10-24(37)33(5,27(40)19-35)23(30)9-13-31(28,3)32(20,4)18-26(34)39/h16,21,23-28,35,37-40H,7,9-15,17-19H2,1-5H3. The normalized spacial score (nSPS) is 56.0. The molecule has 0 aromatic rings. The van der Waals surface area contributed by atoms with Crippen LogP contribution in [0.4, 0.5) is 0 Å². The zero-order valence-electron chi connectivity index (χ0n) is 25.0. The first-order chi connectivity index (χ1) is 18.6. The Bertz CT molecular complexity index is 1180. The lowest BCUT2D eigenvalue weighted by molar-refractivity contribution is -0.239. The SMILES string of the molecule is CC12CCC#CC(O)C3(CC1)C(O)CC1(C)C(=CC(=O)C4C5(C)CCC(O)C(C)(C(O)CO)C5CCC41C)C3C2. The second-order valence-electron chi connectivity index (χ2n) is 16.0. The average Bonchev–Trinajstić information content (AvgIpc) is 2.99. The van der Waals surface area contributed by atoms with Crippen LogP contribution in [-0.4, -0.2) is 62.3 Å². The number of allylic oxidation sites excluding steroid dienone is 2. The summed E-state index contributed by atoms with van der Waals surface area (Å²) in [6.45, 7) is 10.5. The molecule has 0 amide bonds. The van der Waals surface area contributed by atoms with Crippen molar-refractivity contribution in [3.63, 3.8) is 0 Å². The van der Waals surface area contributed by atoms with Crippen LogP contribution < -0.4 is 0 Å². The van der Waals surface area contributed by atoms with Gasteiger partial charge in [-0.15, -0.1) is 5.92 Å². The second-order valence-corrected chi connectivity index (χ2v) is 16.0. The lowest BCUT2D eigenvalue weighted by Gasteiger charge is -2.71. The van der Waals surface area contributed by atoms with Gasteiger partial charge >= 0.3 is 0 Å². The minimum Gasteiger partial charge on any atom is -0.394 e. The van der Waals surface area contributed by atoms with Gasteiger partial charge in [0.2, 0.25) is 0 Å². The fourth-order valence-corrected chi connectivity index (χ4v) is 11.9. The second kappa shape index (κ2) is 8.89. The Morgan fingerprint density at radius 1 is 0.950 bits per heavy atom. The molecule has 13 atom stereocenters. The molecule has 7 rings (SSSR count). The van der Waals surface area contributed by atoms with Crippen molar-refractivity contribution in [2.75, 3.05) is 6.61 Å². The minimum absolute atomic E-state index is 0.0535. The first-order valence-electron chi connectivity index (χ1n) is 15.7. The predicted octanol–water partition coefficient (Wildman–Crippen LogP) is 3.77. The quantitative estimate of drug-likeness (QED) is 0.332. The van der Waals surface area contributed by atoms with Crippen LogP contribution in [0.3, 0.4) is 0 Å². The lowest BCUT2D eigenvalue weighted by atomic mass is 9.32. The van der Waals surface area contributed by atoms with Gasteiger partial charge in [-0.05, 0) is 97.4 Å². The van der Waals surface area contributed by atoms with E-state index in [-0.39, 0.29) is 29.0 Å². The van der Waals surface area contributed by atoms with E-state index in [1.165, 1.54) is 0 Å². The number of rotatable bonds is 2. The Hall–Kier alpha value is -1.23. The molecule has 2 bridgehead atoms. The maximum Gasteiger partial charge on any atom is 0.159 e. The lowest BCUT2D eigenvalue weighted by Crippen LogP contribution is -2.70. The van der Waals surface area contributed by atoms with Gasteiger partial charge < -0.3 is 25.5 Å². The molecule has 0 heterocycles. The summed E-state index contributed by atoms with van der Waals surface area (Å²) in [5, 5.41) is 55.8. The van der Waals surface area contributed by atoms with Gasteiger partial charge in [-0.2, -0.15) is 0 Å². The van der Waals surface area contributed by atoms with Crippen molar-refractivity contribution in [3.05, 3.63) is 11.6 Å². The van der Waals surface area contributed by atoms with E-state index in [1.807, 2.05) is 13.0 Å². The highest BCUT2D eigenvalue weighted by Gasteiger charge is 2.73.